The van der Waals surface area contributed by atoms with Gasteiger partial charge in [-0.15, -0.1) is 0 Å². The number of aliphatic carboxylic acids is 1. The van der Waals surface area contributed by atoms with Gasteiger partial charge in [0.25, 0.3) is 0 Å². The minimum absolute atomic E-state index is 0.0331. The third-order valence-electron chi connectivity index (χ3n) is 2.62. The maximum atomic E-state index is 12.5. The van der Waals surface area contributed by atoms with E-state index < -0.39 is 24.6 Å². The molecule has 3 nitrogen and oxygen atoms in total. The molecule has 7 heteroatoms. The standard InChI is InChI=1S/C10H18F3NO2S/c1-4-7(6-17-3)14(2)5-8(9(15)16)10(11,12)13/h7-8H,4-6H2,1-3H3,(H,15,16). The lowest BCUT2D eigenvalue weighted by atomic mass is 10.1. The summed E-state index contributed by atoms with van der Waals surface area (Å²) in [5.74, 6) is -3.44. The van der Waals surface area contributed by atoms with Gasteiger partial charge in [0.2, 0.25) is 0 Å². The summed E-state index contributed by atoms with van der Waals surface area (Å²) in [5, 5.41) is 8.59. The molecule has 0 aromatic rings. The normalized spacial score (nSPS) is 15.9. The first kappa shape index (κ1) is 16.6. The highest BCUT2D eigenvalue weighted by atomic mass is 32.2. The molecule has 0 spiro atoms. The zero-order valence-electron chi connectivity index (χ0n) is 10.1. The Morgan fingerprint density at radius 1 is 1.47 bits per heavy atom. The van der Waals surface area contributed by atoms with Crippen molar-refractivity contribution in [2.45, 2.75) is 25.6 Å². The molecule has 102 valence electrons. The number of nitrogens with zero attached hydrogens (tertiary/aromatic N) is 1. The summed E-state index contributed by atoms with van der Waals surface area (Å²) < 4.78 is 37.4. The first-order chi connectivity index (χ1) is 7.73. The summed E-state index contributed by atoms with van der Waals surface area (Å²) >= 11 is 1.54. The Balaban J connectivity index is 4.60. The molecule has 0 aliphatic carbocycles. The molecule has 1 N–H and O–H groups in total. The number of thioether (sulfide) groups is 1. The van der Waals surface area contributed by atoms with Crippen LogP contribution in [0.3, 0.4) is 0 Å². The molecule has 0 saturated carbocycles. The number of alkyl halides is 3. The van der Waals surface area contributed by atoms with Crippen molar-refractivity contribution in [3.8, 4) is 0 Å². The molecule has 0 aliphatic rings. The van der Waals surface area contributed by atoms with Crippen molar-refractivity contribution in [3.63, 3.8) is 0 Å². The summed E-state index contributed by atoms with van der Waals surface area (Å²) in [4.78, 5) is 12.1. The minimum atomic E-state index is -4.70. The number of hydrogen-bond donors (Lipinski definition) is 1. The lowest BCUT2D eigenvalue weighted by Gasteiger charge is -2.29. The molecule has 0 rings (SSSR count). The van der Waals surface area contributed by atoms with Crippen molar-refractivity contribution in [1.29, 1.82) is 0 Å². The minimum Gasteiger partial charge on any atom is -0.481 e. The summed E-state index contributed by atoms with van der Waals surface area (Å²) in [7, 11) is 1.53. The van der Waals surface area contributed by atoms with E-state index in [0.29, 0.717) is 12.2 Å². The van der Waals surface area contributed by atoms with Gasteiger partial charge >= 0.3 is 12.1 Å². The highest BCUT2D eigenvalue weighted by Crippen LogP contribution is 2.27. The molecule has 0 aliphatic heterocycles. The Hall–Kier alpha value is -0.430. The number of carboxylic acid groups (broad SMARTS) is 1. The fourth-order valence-electron chi connectivity index (χ4n) is 1.51. The quantitative estimate of drug-likeness (QED) is 0.773. The first-order valence-electron chi connectivity index (χ1n) is 5.22. The zero-order chi connectivity index (χ0) is 13.6. The van der Waals surface area contributed by atoms with E-state index in [1.165, 1.54) is 23.7 Å². The number of hydrogen-bond acceptors (Lipinski definition) is 3. The van der Waals surface area contributed by atoms with Crippen LogP contribution in [0.15, 0.2) is 0 Å². The van der Waals surface area contributed by atoms with Crippen molar-refractivity contribution in [1.82, 2.24) is 4.90 Å². The number of carboxylic acids is 1. The number of carbonyl (C=O) groups is 1. The van der Waals surface area contributed by atoms with Crippen LogP contribution in [-0.4, -0.2) is 53.8 Å². The Labute approximate surface area is 103 Å². The van der Waals surface area contributed by atoms with Crippen LogP contribution in [0.25, 0.3) is 0 Å². The fourth-order valence-corrected chi connectivity index (χ4v) is 2.38. The second-order valence-corrected chi connectivity index (χ2v) is 4.80. The van der Waals surface area contributed by atoms with Crippen molar-refractivity contribution in [3.05, 3.63) is 0 Å². The second kappa shape index (κ2) is 7.10. The van der Waals surface area contributed by atoms with Gasteiger partial charge in [-0.1, -0.05) is 6.92 Å². The molecule has 2 atom stereocenters. The highest BCUT2D eigenvalue weighted by Gasteiger charge is 2.45. The third kappa shape index (κ3) is 5.63. The molecular formula is C10H18F3NO2S. The summed E-state index contributed by atoms with van der Waals surface area (Å²) in [6.45, 7) is 1.37. The average molecular weight is 273 g/mol. The van der Waals surface area contributed by atoms with Gasteiger partial charge in [-0.3, -0.25) is 4.79 Å². The van der Waals surface area contributed by atoms with E-state index in [4.69, 9.17) is 5.11 Å². The van der Waals surface area contributed by atoms with Gasteiger partial charge in [0.05, 0.1) is 0 Å². The molecule has 0 fully saturated rings. The monoisotopic (exact) mass is 273 g/mol. The molecule has 0 bridgehead atoms. The van der Waals surface area contributed by atoms with Crippen LogP contribution in [0.4, 0.5) is 13.2 Å². The molecule has 0 radical (unpaired) electrons. The lowest BCUT2D eigenvalue weighted by molar-refractivity contribution is -0.196. The molecule has 0 saturated heterocycles. The Kier molecular flexibility index (Phi) is 6.92. The summed E-state index contributed by atoms with van der Waals surface area (Å²) in [6, 6.07) is -0.0331. The molecule has 17 heavy (non-hydrogen) atoms. The van der Waals surface area contributed by atoms with E-state index in [0.717, 1.165) is 0 Å². The summed E-state index contributed by atoms with van der Waals surface area (Å²) in [5.41, 5.74) is 0. The van der Waals surface area contributed by atoms with Crippen LogP contribution >= 0.6 is 11.8 Å². The van der Waals surface area contributed by atoms with E-state index in [1.54, 1.807) is 0 Å². The maximum absolute atomic E-state index is 12.5. The zero-order valence-corrected chi connectivity index (χ0v) is 10.9. The van der Waals surface area contributed by atoms with Gasteiger partial charge in [-0.25, -0.2) is 0 Å². The highest BCUT2D eigenvalue weighted by molar-refractivity contribution is 7.98. The van der Waals surface area contributed by atoms with E-state index in [1.807, 2.05) is 13.2 Å². The van der Waals surface area contributed by atoms with Crippen LogP contribution < -0.4 is 0 Å². The molecule has 0 amide bonds. The van der Waals surface area contributed by atoms with Crippen molar-refractivity contribution >= 4 is 17.7 Å². The van der Waals surface area contributed by atoms with Gasteiger partial charge in [0, 0.05) is 18.3 Å². The van der Waals surface area contributed by atoms with Crippen LogP contribution in [0.1, 0.15) is 13.3 Å². The molecule has 0 aromatic heterocycles. The summed E-state index contributed by atoms with van der Waals surface area (Å²) in [6.07, 6.45) is -2.13. The fraction of sp³-hybridized carbons (Fsp3) is 0.900. The SMILES string of the molecule is CCC(CSC)N(C)CC(C(=O)O)C(F)(F)F. The van der Waals surface area contributed by atoms with Crippen LogP contribution in [0.2, 0.25) is 0 Å². The topological polar surface area (TPSA) is 40.5 Å². The number of halogens is 3. The van der Waals surface area contributed by atoms with Crippen molar-refractivity contribution in [2.24, 2.45) is 5.92 Å². The molecule has 0 heterocycles. The van der Waals surface area contributed by atoms with E-state index in [2.05, 4.69) is 0 Å². The maximum Gasteiger partial charge on any atom is 0.403 e. The second-order valence-electron chi connectivity index (χ2n) is 3.89. The predicted octanol–water partition coefficient (Wildman–Crippen LogP) is 2.32. The molecule has 0 aromatic carbocycles. The van der Waals surface area contributed by atoms with E-state index in [-0.39, 0.29) is 6.04 Å². The molecular weight excluding hydrogens is 255 g/mol. The van der Waals surface area contributed by atoms with Gasteiger partial charge in [0.15, 0.2) is 5.92 Å². The third-order valence-corrected chi connectivity index (χ3v) is 3.34. The lowest BCUT2D eigenvalue weighted by Crippen LogP contribution is -2.44. The largest absolute Gasteiger partial charge is 0.481 e. The van der Waals surface area contributed by atoms with Crippen LogP contribution in [-0.2, 0) is 4.79 Å². The van der Waals surface area contributed by atoms with Crippen molar-refractivity contribution < 1.29 is 23.1 Å². The van der Waals surface area contributed by atoms with Crippen LogP contribution in [0.5, 0.6) is 0 Å². The number of rotatable bonds is 7. The van der Waals surface area contributed by atoms with Gasteiger partial charge in [-0.05, 0) is 19.7 Å². The van der Waals surface area contributed by atoms with Gasteiger partial charge < -0.3 is 10.0 Å². The van der Waals surface area contributed by atoms with Crippen LogP contribution in [0, 0.1) is 5.92 Å². The van der Waals surface area contributed by atoms with Crippen molar-refractivity contribution in [2.75, 3.05) is 25.6 Å². The first-order valence-corrected chi connectivity index (χ1v) is 6.62. The van der Waals surface area contributed by atoms with E-state index >= 15 is 0 Å². The van der Waals surface area contributed by atoms with Gasteiger partial charge in [-0.2, -0.15) is 24.9 Å². The Bertz CT molecular complexity index is 248. The van der Waals surface area contributed by atoms with E-state index in [9.17, 15) is 18.0 Å². The Morgan fingerprint density at radius 2 is 2.00 bits per heavy atom. The van der Waals surface area contributed by atoms with Gasteiger partial charge in [0.1, 0.15) is 0 Å². The Morgan fingerprint density at radius 3 is 2.29 bits per heavy atom. The molecule has 2 unspecified atom stereocenters. The average Bonchev–Trinajstić information content (AvgIpc) is 2.19. The predicted molar refractivity (Wildman–Crippen MR) is 62.3 cm³/mol. The smallest absolute Gasteiger partial charge is 0.403 e.